The van der Waals surface area contributed by atoms with Gasteiger partial charge in [0.05, 0.1) is 11.0 Å². The molecule has 5 rings (SSSR count). The van der Waals surface area contributed by atoms with Gasteiger partial charge in [0.2, 0.25) is 11.8 Å². The molecule has 2 amide bonds. The van der Waals surface area contributed by atoms with E-state index in [9.17, 15) is 9.59 Å². The summed E-state index contributed by atoms with van der Waals surface area (Å²) >= 11 is 0. The normalized spacial score (nSPS) is 17.2. The highest BCUT2D eigenvalue weighted by Gasteiger charge is 2.33. The summed E-state index contributed by atoms with van der Waals surface area (Å²) in [5.41, 5.74) is 2.87. The number of hydrogen-bond acceptors (Lipinski definition) is 3. The number of imidazole rings is 1. The van der Waals surface area contributed by atoms with E-state index in [-0.39, 0.29) is 11.8 Å². The minimum Gasteiger partial charge on any atom is -0.352 e. The fourth-order valence-corrected chi connectivity index (χ4v) is 6.23. The molecule has 1 heterocycles. The molecule has 0 aliphatic heterocycles. The molecule has 6 heteroatoms. The van der Waals surface area contributed by atoms with Gasteiger partial charge in [-0.1, -0.05) is 81.0 Å². The Bertz CT molecular complexity index is 1220. The van der Waals surface area contributed by atoms with E-state index in [4.69, 9.17) is 4.98 Å². The Balaban J connectivity index is 1.29. The lowest BCUT2D eigenvalue weighted by Crippen LogP contribution is -2.50. The number of para-hydroxylation sites is 2. The summed E-state index contributed by atoms with van der Waals surface area (Å²) in [6, 6.07) is 18.6. The minimum atomic E-state index is -0.131. The van der Waals surface area contributed by atoms with E-state index in [1.165, 1.54) is 38.5 Å². The van der Waals surface area contributed by atoms with Crippen LogP contribution in [0.15, 0.2) is 60.7 Å². The van der Waals surface area contributed by atoms with Crippen LogP contribution >= 0.6 is 0 Å². The second-order valence-corrected chi connectivity index (χ2v) is 10.8. The molecule has 0 radical (unpaired) electrons. The number of nitrogens with zero attached hydrogens (tertiary/aromatic N) is 3. The molecule has 6 nitrogen and oxygen atoms in total. The summed E-state index contributed by atoms with van der Waals surface area (Å²) in [6.07, 6.45) is 15.9. The topological polar surface area (TPSA) is 67.2 Å². The van der Waals surface area contributed by atoms with Crippen LogP contribution in [-0.2, 0) is 22.6 Å². The summed E-state index contributed by atoms with van der Waals surface area (Å²) in [6.45, 7) is 0.773. The Morgan fingerprint density at radius 3 is 2.18 bits per heavy atom. The van der Waals surface area contributed by atoms with Gasteiger partial charge in [-0.2, -0.15) is 0 Å². The Labute approximate surface area is 226 Å². The molecule has 0 spiro atoms. The molecule has 38 heavy (non-hydrogen) atoms. The van der Waals surface area contributed by atoms with E-state index in [1.54, 1.807) is 6.08 Å². The first kappa shape index (κ1) is 26.2. The standard InChI is InChI=1S/C32H40N4O2/c37-31(21-20-25-12-4-1-5-13-25)33-23-22-30-34-28-18-10-11-19-29(28)35(30)24-32(38)36(26-14-6-2-7-15-26)27-16-8-3-9-17-27/h1,4-5,10-13,18-21,26-27H,2-3,6-9,14-17,22-24H2,(H,33,37)/b21-20+. The lowest BCUT2D eigenvalue weighted by atomic mass is 9.88. The molecular weight excluding hydrogens is 472 g/mol. The predicted molar refractivity (Wildman–Crippen MR) is 153 cm³/mol. The zero-order chi connectivity index (χ0) is 26.2. The van der Waals surface area contributed by atoms with Crippen molar-refractivity contribution in [2.45, 2.75) is 89.3 Å². The highest BCUT2D eigenvalue weighted by atomic mass is 16.2. The number of carbonyl (C=O) groups excluding carboxylic acids is 2. The first-order chi connectivity index (χ1) is 18.7. The van der Waals surface area contributed by atoms with Crippen molar-refractivity contribution in [3.63, 3.8) is 0 Å². The molecular formula is C32H40N4O2. The second kappa shape index (κ2) is 12.9. The molecule has 2 fully saturated rings. The van der Waals surface area contributed by atoms with Crippen molar-refractivity contribution in [2.24, 2.45) is 0 Å². The summed E-state index contributed by atoms with van der Waals surface area (Å²) in [5, 5.41) is 2.98. The number of nitrogens with one attached hydrogen (secondary N) is 1. The van der Waals surface area contributed by atoms with Crippen molar-refractivity contribution in [3.05, 3.63) is 72.1 Å². The van der Waals surface area contributed by atoms with Crippen LogP contribution in [0.5, 0.6) is 0 Å². The number of benzene rings is 2. The average molecular weight is 513 g/mol. The van der Waals surface area contributed by atoms with Gasteiger partial charge < -0.3 is 14.8 Å². The van der Waals surface area contributed by atoms with Crippen molar-refractivity contribution in [2.75, 3.05) is 6.54 Å². The van der Waals surface area contributed by atoms with Crippen molar-refractivity contribution in [1.82, 2.24) is 19.8 Å². The van der Waals surface area contributed by atoms with Crippen LogP contribution < -0.4 is 5.32 Å². The molecule has 2 aliphatic rings. The second-order valence-electron chi connectivity index (χ2n) is 10.8. The van der Waals surface area contributed by atoms with E-state index in [2.05, 4.69) is 14.8 Å². The Kier molecular flexibility index (Phi) is 8.90. The smallest absolute Gasteiger partial charge is 0.244 e. The van der Waals surface area contributed by atoms with Crippen LogP contribution in [0.3, 0.4) is 0 Å². The van der Waals surface area contributed by atoms with Crippen LogP contribution in [0.1, 0.15) is 75.6 Å². The number of fused-ring (bicyclic) bond motifs is 1. The first-order valence-corrected chi connectivity index (χ1v) is 14.5. The van der Waals surface area contributed by atoms with Crippen molar-refractivity contribution >= 4 is 28.9 Å². The van der Waals surface area contributed by atoms with E-state index in [1.807, 2.05) is 60.7 Å². The van der Waals surface area contributed by atoms with Crippen LogP contribution in [0, 0.1) is 0 Å². The van der Waals surface area contributed by atoms with Crippen LogP contribution in [-0.4, -0.2) is 44.9 Å². The molecule has 2 aliphatic carbocycles. The maximum absolute atomic E-state index is 14.0. The Morgan fingerprint density at radius 2 is 1.50 bits per heavy atom. The lowest BCUT2D eigenvalue weighted by molar-refractivity contribution is -0.138. The van der Waals surface area contributed by atoms with Gasteiger partial charge in [-0.05, 0) is 49.5 Å². The zero-order valence-electron chi connectivity index (χ0n) is 22.4. The largest absolute Gasteiger partial charge is 0.352 e. The van der Waals surface area contributed by atoms with Crippen molar-refractivity contribution < 1.29 is 9.59 Å². The van der Waals surface area contributed by atoms with E-state index >= 15 is 0 Å². The molecule has 3 aromatic rings. The molecule has 200 valence electrons. The molecule has 2 saturated carbocycles. The zero-order valence-corrected chi connectivity index (χ0v) is 22.4. The van der Waals surface area contributed by atoms with Gasteiger partial charge in [0.1, 0.15) is 12.4 Å². The fraction of sp³-hybridized carbons (Fsp3) is 0.469. The van der Waals surface area contributed by atoms with Gasteiger partial charge >= 0.3 is 0 Å². The van der Waals surface area contributed by atoms with Gasteiger partial charge in [-0.25, -0.2) is 4.98 Å². The molecule has 0 bridgehead atoms. The Hall–Kier alpha value is -3.41. The van der Waals surface area contributed by atoms with Crippen molar-refractivity contribution in [1.29, 1.82) is 0 Å². The third kappa shape index (κ3) is 6.53. The molecule has 0 saturated heterocycles. The minimum absolute atomic E-state index is 0.131. The van der Waals surface area contributed by atoms with Gasteiger partial charge in [0, 0.05) is 31.1 Å². The van der Waals surface area contributed by atoms with E-state index in [0.717, 1.165) is 48.1 Å². The predicted octanol–water partition coefficient (Wildman–Crippen LogP) is 5.90. The third-order valence-corrected chi connectivity index (χ3v) is 8.13. The van der Waals surface area contributed by atoms with Crippen LogP contribution in [0.2, 0.25) is 0 Å². The first-order valence-electron chi connectivity index (χ1n) is 14.5. The Morgan fingerprint density at radius 1 is 0.868 bits per heavy atom. The van der Waals surface area contributed by atoms with Crippen LogP contribution in [0.25, 0.3) is 17.1 Å². The van der Waals surface area contributed by atoms with Crippen LogP contribution in [0.4, 0.5) is 0 Å². The summed E-state index contributed by atoms with van der Waals surface area (Å²) < 4.78 is 2.09. The molecule has 1 aromatic heterocycles. The van der Waals surface area contributed by atoms with Gasteiger partial charge in [-0.15, -0.1) is 0 Å². The third-order valence-electron chi connectivity index (χ3n) is 8.13. The number of amides is 2. The highest BCUT2D eigenvalue weighted by molar-refractivity contribution is 5.91. The number of aromatic nitrogens is 2. The summed E-state index contributed by atoms with van der Waals surface area (Å²) in [7, 11) is 0. The van der Waals surface area contributed by atoms with Gasteiger partial charge in [0.25, 0.3) is 0 Å². The monoisotopic (exact) mass is 512 g/mol. The quantitative estimate of drug-likeness (QED) is 0.363. The van der Waals surface area contributed by atoms with Gasteiger partial charge in [-0.3, -0.25) is 9.59 Å². The molecule has 1 N–H and O–H groups in total. The number of rotatable bonds is 9. The van der Waals surface area contributed by atoms with Gasteiger partial charge in [0.15, 0.2) is 0 Å². The van der Waals surface area contributed by atoms with E-state index < -0.39 is 0 Å². The molecule has 0 unspecified atom stereocenters. The SMILES string of the molecule is O=C(/C=C/c1ccccc1)NCCc1nc2ccccc2n1CC(=O)N(C1CCCCC1)C1CCCCC1. The summed E-state index contributed by atoms with van der Waals surface area (Å²) in [5.74, 6) is 0.940. The highest BCUT2D eigenvalue weighted by Crippen LogP contribution is 2.31. The lowest BCUT2D eigenvalue weighted by Gasteiger charge is -2.42. The number of carbonyl (C=O) groups is 2. The summed E-state index contributed by atoms with van der Waals surface area (Å²) in [4.78, 5) is 33.5. The fourth-order valence-electron chi connectivity index (χ4n) is 6.23. The van der Waals surface area contributed by atoms with Crippen molar-refractivity contribution in [3.8, 4) is 0 Å². The molecule has 2 aromatic carbocycles. The maximum Gasteiger partial charge on any atom is 0.244 e. The average Bonchev–Trinajstić information content (AvgIpc) is 3.30. The molecule has 0 atom stereocenters. The van der Waals surface area contributed by atoms with E-state index in [0.29, 0.717) is 31.6 Å². The number of hydrogen-bond donors (Lipinski definition) is 1. The maximum atomic E-state index is 14.0.